The fourth-order valence-electron chi connectivity index (χ4n) is 2.12. The van der Waals surface area contributed by atoms with E-state index < -0.39 is 0 Å². The molecule has 3 heteroatoms. The number of ether oxygens (including phenoxy) is 1. The van der Waals surface area contributed by atoms with Crippen LogP contribution in [0.15, 0.2) is 30.3 Å². The molecule has 1 fully saturated rings. The number of hydrogen-bond acceptors (Lipinski definition) is 3. The van der Waals surface area contributed by atoms with Crippen molar-refractivity contribution < 1.29 is 4.74 Å². The zero-order chi connectivity index (χ0) is 11.3. The fraction of sp³-hybridized carbons (Fsp3) is 0.538. The minimum Gasteiger partial charge on any atom is -0.492 e. The van der Waals surface area contributed by atoms with Gasteiger partial charge in [0.05, 0.1) is 5.54 Å². The maximum atomic E-state index is 5.86. The number of benzene rings is 1. The van der Waals surface area contributed by atoms with Crippen LogP contribution in [0.25, 0.3) is 0 Å². The van der Waals surface area contributed by atoms with Gasteiger partial charge in [0.1, 0.15) is 12.4 Å². The summed E-state index contributed by atoms with van der Waals surface area (Å²) in [4.78, 5) is 0. The molecule has 0 bridgehead atoms. The Hall–Kier alpha value is -1.06. The van der Waals surface area contributed by atoms with Gasteiger partial charge in [0.25, 0.3) is 0 Å². The average Bonchev–Trinajstić information content (AvgIpc) is 2.39. The van der Waals surface area contributed by atoms with Gasteiger partial charge >= 0.3 is 0 Å². The zero-order valence-electron chi connectivity index (χ0n) is 9.61. The van der Waals surface area contributed by atoms with Crippen molar-refractivity contribution in [2.24, 2.45) is 5.73 Å². The van der Waals surface area contributed by atoms with Crippen molar-refractivity contribution in [2.45, 2.75) is 24.8 Å². The van der Waals surface area contributed by atoms with Crippen molar-refractivity contribution in [2.75, 3.05) is 19.7 Å². The van der Waals surface area contributed by atoms with Gasteiger partial charge in [-0.25, -0.2) is 0 Å². The highest BCUT2D eigenvalue weighted by molar-refractivity contribution is 5.21. The smallest absolute Gasteiger partial charge is 0.119 e. The molecule has 3 N–H and O–H groups in total. The number of para-hydroxylation sites is 1. The number of nitrogens with one attached hydrogen (secondary N) is 1. The lowest BCUT2D eigenvalue weighted by Crippen LogP contribution is -2.57. The Kier molecular flexibility index (Phi) is 3.80. The predicted octanol–water partition coefficient (Wildman–Crippen LogP) is 1.54. The maximum Gasteiger partial charge on any atom is 0.119 e. The summed E-state index contributed by atoms with van der Waals surface area (Å²) in [7, 11) is 0. The summed E-state index contributed by atoms with van der Waals surface area (Å²) in [6.07, 6.45) is 3.59. The van der Waals surface area contributed by atoms with Crippen LogP contribution >= 0.6 is 0 Å². The molecule has 1 aliphatic heterocycles. The number of nitrogens with two attached hydrogens (primary N) is 1. The van der Waals surface area contributed by atoms with Gasteiger partial charge in [-0.3, -0.25) is 0 Å². The molecule has 1 atom stereocenters. The van der Waals surface area contributed by atoms with Crippen molar-refractivity contribution in [1.82, 2.24) is 5.32 Å². The largest absolute Gasteiger partial charge is 0.492 e. The van der Waals surface area contributed by atoms with Crippen molar-refractivity contribution in [3.63, 3.8) is 0 Å². The van der Waals surface area contributed by atoms with Gasteiger partial charge in [0.15, 0.2) is 0 Å². The van der Waals surface area contributed by atoms with E-state index in [-0.39, 0.29) is 5.54 Å². The lowest BCUT2D eigenvalue weighted by atomic mass is 9.90. The minimum atomic E-state index is -0.0198. The van der Waals surface area contributed by atoms with E-state index in [2.05, 4.69) is 5.32 Å². The van der Waals surface area contributed by atoms with Crippen LogP contribution in [0.2, 0.25) is 0 Å². The standard InChI is InChI=1S/C13H20N2O/c14-10-13(8-4-5-9-15-13)11-16-12-6-2-1-3-7-12/h1-3,6-7,15H,4-5,8-11,14H2. The van der Waals surface area contributed by atoms with E-state index in [0.717, 1.165) is 18.7 Å². The molecule has 88 valence electrons. The summed E-state index contributed by atoms with van der Waals surface area (Å²) < 4.78 is 5.80. The second-order valence-electron chi connectivity index (χ2n) is 4.47. The van der Waals surface area contributed by atoms with Gasteiger partial charge in [-0.2, -0.15) is 0 Å². The normalized spacial score (nSPS) is 25.3. The molecule has 1 saturated heterocycles. The molecule has 0 aromatic heterocycles. The molecule has 0 amide bonds. The topological polar surface area (TPSA) is 47.3 Å². The third kappa shape index (κ3) is 2.74. The second-order valence-corrected chi connectivity index (χ2v) is 4.47. The molecule has 16 heavy (non-hydrogen) atoms. The van der Waals surface area contributed by atoms with E-state index in [1.54, 1.807) is 0 Å². The number of hydrogen-bond donors (Lipinski definition) is 2. The van der Waals surface area contributed by atoms with Crippen molar-refractivity contribution in [3.05, 3.63) is 30.3 Å². The summed E-state index contributed by atoms with van der Waals surface area (Å²) in [6, 6.07) is 9.92. The third-order valence-electron chi connectivity index (χ3n) is 3.23. The zero-order valence-corrected chi connectivity index (χ0v) is 9.61. The Bertz CT molecular complexity index is 307. The average molecular weight is 220 g/mol. The Morgan fingerprint density at radius 3 is 2.69 bits per heavy atom. The van der Waals surface area contributed by atoms with Gasteiger partial charge in [0.2, 0.25) is 0 Å². The van der Waals surface area contributed by atoms with E-state index in [1.807, 2.05) is 30.3 Å². The van der Waals surface area contributed by atoms with E-state index in [4.69, 9.17) is 10.5 Å². The first-order valence-electron chi connectivity index (χ1n) is 5.98. The van der Waals surface area contributed by atoms with Crippen LogP contribution in [-0.2, 0) is 0 Å². The van der Waals surface area contributed by atoms with Gasteiger partial charge in [0, 0.05) is 6.54 Å². The SMILES string of the molecule is NCC1(COc2ccccc2)CCCCN1. The molecule has 1 heterocycles. The number of piperidine rings is 1. The van der Waals surface area contributed by atoms with Crippen LogP contribution in [0.4, 0.5) is 0 Å². The first kappa shape index (κ1) is 11.4. The van der Waals surface area contributed by atoms with Crippen molar-refractivity contribution >= 4 is 0 Å². The third-order valence-corrected chi connectivity index (χ3v) is 3.23. The lowest BCUT2D eigenvalue weighted by molar-refractivity contribution is 0.154. The minimum absolute atomic E-state index is 0.0198. The highest BCUT2D eigenvalue weighted by Crippen LogP contribution is 2.20. The Morgan fingerprint density at radius 1 is 1.25 bits per heavy atom. The van der Waals surface area contributed by atoms with E-state index in [9.17, 15) is 0 Å². The second kappa shape index (κ2) is 5.32. The lowest BCUT2D eigenvalue weighted by Gasteiger charge is -2.37. The Balaban J connectivity index is 1.92. The van der Waals surface area contributed by atoms with E-state index >= 15 is 0 Å². The molecule has 0 aliphatic carbocycles. The van der Waals surface area contributed by atoms with Gasteiger partial charge in [-0.15, -0.1) is 0 Å². The first-order chi connectivity index (χ1) is 7.85. The molecule has 0 spiro atoms. The summed E-state index contributed by atoms with van der Waals surface area (Å²) in [5.41, 5.74) is 5.84. The van der Waals surface area contributed by atoms with Crippen LogP contribution in [-0.4, -0.2) is 25.2 Å². The first-order valence-corrected chi connectivity index (χ1v) is 5.98. The molecular formula is C13H20N2O. The maximum absolute atomic E-state index is 5.86. The highest BCUT2D eigenvalue weighted by Gasteiger charge is 2.30. The quantitative estimate of drug-likeness (QED) is 0.809. The molecule has 2 rings (SSSR count). The molecule has 1 unspecified atom stereocenters. The molecule has 1 aromatic carbocycles. The predicted molar refractivity (Wildman–Crippen MR) is 65.6 cm³/mol. The highest BCUT2D eigenvalue weighted by atomic mass is 16.5. The van der Waals surface area contributed by atoms with Crippen LogP contribution in [0.1, 0.15) is 19.3 Å². The monoisotopic (exact) mass is 220 g/mol. The summed E-state index contributed by atoms with van der Waals surface area (Å²) in [6.45, 7) is 2.35. The van der Waals surface area contributed by atoms with Crippen LogP contribution < -0.4 is 15.8 Å². The van der Waals surface area contributed by atoms with Crippen LogP contribution in [0, 0.1) is 0 Å². The molecule has 0 saturated carbocycles. The van der Waals surface area contributed by atoms with E-state index in [1.165, 1.54) is 12.8 Å². The Morgan fingerprint density at radius 2 is 2.06 bits per heavy atom. The van der Waals surface area contributed by atoms with Gasteiger partial charge in [-0.1, -0.05) is 24.6 Å². The summed E-state index contributed by atoms with van der Waals surface area (Å²) in [5, 5.41) is 3.50. The van der Waals surface area contributed by atoms with Gasteiger partial charge < -0.3 is 15.8 Å². The van der Waals surface area contributed by atoms with Crippen molar-refractivity contribution in [3.8, 4) is 5.75 Å². The number of rotatable bonds is 4. The molecule has 1 aromatic rings. The van der Waals surface area contributed by atoms with Crippen LogP contribution in [0.5, 0.6) is 5.75 Å². The Labute approximate surface area is 97.0 Å². The molecular weight excluding hydrogens is 200 g/mol. The fourth-order valence-corrected chi connectivity index (χ4v) is 2.12. The van der Waals surface area contributed by atoms with Crippen LogP contribution in [0.3, 0.4) is 0 Å². The molecule has 3 nitrogen and oxygen atoms in total. The van der Waals surface area contributed by atoms with Crippen molar-refractivity contribution in [1.29, 1.82) is 0 Å². The summed E-state index contributed by atoms with van der Waals surface area (Å²) in [5.74, 6) is 0.919. The van der Waals surface area contributed by atoms with Gasteiger partial charge in [-0.05, 0) is 31.5 Å². The molecule has 1 aliphatic rings. The molecule has 0 radical (unpaired) electrons. The van der Waals surface area contributed by atoms with E-state index in [0.29, 0.717) is 13.2 Å². The summed E-state index contributed by atoms with van der Waals surface area (Å²) >= 11 is 0.